The maximum atomic E-state index is 13.2. The summed E-state index contributed by atoms with van der Waals surface area (Å²) >= 11 is 0. The number of aromatic nitrogens is 4. The molecule has 0 aliphatic heterocycles. The number of nitrogens with one attached hydrogen (secondary N) is 1. The molecule has 0 bridgehead atoms. The number of carbonyl (C=O) groups is 1. The van der Waals surface area contributed by atoms with Gasteiger partial charge < -0.3 is 5.32 Å². The molecular weight excluding hydrogens is 443 g/mol. The second kappa shape index (κ2) is 9.54. The zero-order valence-electron chi connectivity index (χ0n) is 18.8. The van der Waals surface area contributed by atoms with Crippen LogP contribution in [0.1, 0.15) is 33.9 Å². The van der Waals surface area contributed by atoms with Gasteiger partial charge in [-0.3, -0.25) is 9.48 Å². The number of aryl methyl sites for hydroxylation is 2. The lowest BCUT2D eigenvalue weighted by molar-refractivity contribution is -0.141. The van der Waals surface area contributed by atoms with E-state index in [1.807, 2.05) is 67.6 Å². The van der Waals surface area contributed by atoms with Gasteiger partial charge in [0.15, 0.2) is 5.69 Å². The van der Waals surface area contributed by atoms with Gasteiger partial charge in [0.2, 0.25) is 0 Å². The molecule has 2 aromatic carbocycles. The van der Waals surface area contributed by atoms with Crippen LogP contribution in [0.15, 0.2) is 66.7 Å². The van der Waals surface area contributed by atoms with E-state index < -0.39 is 11.9 Å². The second-order valence-electron chi connectivity index (χ2n) is 7.92. The molecule has 0 aliphatic carbocycles. The minimum absolute atomic E-state index is 0.260. The Morgan fingerprint density at radius 2 is 1.62 bits per heavy atom. The van der Waals surface area contributed by atoms with Crippen molar-refractivity contribution in [3.63, 3.8) is 0 Å². The lowest BCUT2D eigenvalue weighted by Crippen LogP contribution is -2.26. The fourth-order valence-corrected chi connectivity index (χ4v) is 3.79. The molecule has 1 amide bonds. The van der Waals surface area contributed by atoms with E-state index in [9.17, 15) is 18.0 Å². The van der Waals surface area contributed by atoms with Gasteiger partial charge in [0.05, 0.1) is 16.9 Å². The second-order valence-corrected chi connectivity index (χ2v) is 7.92. The summed E-state index contributed by atoms with van der Waals surface area (Å²) in [6.07, 6.45) is -4.05. The quantitative estimate of drug-likeness (QED) is 0.381. The third kappa shape index (κ3) is 4.88. The summed E-state index contributed by atoms with van der Waals surface area (Å²) in [7, 11) is 0. The van der Waals surface area contributed by atoms with E-state index in [1.165, 1.54) is 4.68 Å². The van der Waals surface area contributed by atoms with Crippen molar-refractivity contribution in [2.45, 2.75) is 33.0 Å². The number of nitrogens with zero attached hydrogens (tertiary/aromatic N) is 4. The zero-order valence-corrected chi connectivity index (χ0v) is 18.8. The Kier molecular flexibility index (Phi) is 6.54. The molecule has 176 valence electrons. The molecule has 0 saturated carbocycles. The minimum Gasteiger partial charge on any atom is -0.352 e. The molecule has 0 unspecified atom stereocenters. The molecule has 0 fully saturated rings. The minimum atomic E-state index is -4.48. The summed E-state index contributed by atoms with van der Waals surface area (Å²) in [6.45, 7) is 3.96. The number of amides is 1. The van der Waals surface area contributed by atoms with Crippen LogP contribution in [0, 0.1) is 13.8 Å². The molecule has 0 radical (unpaired) electrons. The van der Waals surface area contributed by atoms with Gasteiger partial charge in [-0.1, -0.05) is 48.5 Å². The predicted molar refractivity (Wildman–Crippen MR) is 123 cm³/mol. The van der Waals surface area contributed by atoms with E-state index in [0.717, 1.165) is 17.3 Å². The number of hydrogen-bond donors (Lipinski definition) is 1. The Morgan fingerprint density at radius 1 is 0.971 bits per heavy atom. The number of hydrogen-bond acceptors (Lipinski definition) is 3. The SMILES string of the molecule is Cc1cc(C(F)(F)F)nn1CCCNC(=O)c1c(-c2ccccc2)nn(-c2ccccc2)c1C. The number of halogens is 3. The first-order valence-electron chi connectivity index (χ1n) is 10.9. The Labute approximate surface area is 195 Å². The third-order valence-electron chi connectivity index (χ3n) is 5.50. The fraction of sp³-hybridized carbons (Fsp3) is 0.240. The van der Waals surface area contributed by atoms with E-state index in [2.05, 4.69) is 10.4 Å². The van der Waals surface area contributed by atoms with E-state index in [-0.39, 0.29) is 19.0 Å². The highest BCUT2D eigenvalue weighted by Gasteiger charge is 2.34. The molecule has 9 heteroatoms. The lowest BCUT2D eigenvalue weighted by Gasteiger charge is -2.08. The van der Waals surface area contributed by atoms with Crippen molar-refractivity contribution in [2.75, 3.05) is 6.54 Å². The van der Waals surface area contributed by atoms with Crippen molar-refractivity contribution in [2.24, 2.45) is 0 Å². The van der Waals surface area contributed by atoms with E-state index in [1.54, 1.807) is 11.6 Å². The number of benzene rings is 2. The highest BCUT2D eigenvalue weighted by Crippen LogP contribution is 2.29. The average molecular weight is 467 g/mol. The topological polar surface area (TPSA) is 64.7 Å². The van der Waals surface area contributed by atoms with Crippen molar-refractivity contribution in [3.05, 3.63) is 89.4 Å². The normalized spacial score (nSPS) is 11.6. The van der Waals surface area contributed by atoms with E-state index >= 15 is 0 Å². The molecule has 0 aliphatic rings. The first-order chi connectivity index (χ1) is 16.3. The van der Waals surface area contributed by atoms with Crippen LogP contribution in [0.2, 0.25) is 0 Å². The van der Waals surface area contributed by atoms with Gasteiger partial charge in [-0.15, -0.1) is 0 Å². The summed E-state index contributed by atoms with van der Waals surface area (Å²) in [5, 5.41) is 11.2. The Balaban J connectivity index is 1.51. The van der Waals surface area contributed by atoms with Crippen molar-refractivity contribution in [3.8, 4) is 16.9 Å². The molecule has 34 heavy (non-hydrogen) atoms. The van der Waals surface area contributed by atoms with Crippen LogP contribution in [0.3, 0.4) is 0 Å². The highest BCUT2D eigenvalue weighted by molar-refractivity contribution is 6.01. The molecule has 0 saturated heterocycles. The monoisotopic (exact) mass is 467 g/mol. The molecule has 0 spiro atoms. The van der Waals surface area contributed by atoms with E-state index in [4.69, 9.17) is 5.10 Å². The smallest absolute Gasteiger partial charge is 0.352 e. The number of rotatable bonds is 7. The standard InChI is InChI=1S/C25H24F3N5O/c1-17-16-21(25(26,27)28)30-32(17)15-9-14-29-24(34)22-18(2)33(20-12-7-4-8-13-20)31-23(22)19-10-5-3-6-11-19/h3-8,10-13,16H,9,14-15H2,1-2H3,(H,29,34). The summed E-state index contributed by atoms with van der Waals surface area (Å²) < 4.78 is 41.6. The van der Waals surface area contributed by atoms with Crippen LogP contribution >= 0.6 is 0 Å². The largest absolute Gasteiger partial charge is 0.435 e. The molecule has 2 aromatic heterocycles. The summed E-state index contributed by atoms with van der Waals surface area (Å²) in [5.41, 5.74) is 2.89. The maximum Gasteiger partial charge on any atom is 0.435 e. The van der Waals surface area contributed by atoms with E-state index in [0.29, 0.717) is 29.1 Å². The van der Waals surface area contributed by atoms with Crippen LogP contribution in [0.25, 0.3) is 16.9 Å². The Hall–Kier alpha value is -3.88. The van der Waals surface area contributed by atoms with Gasteiger partial charge in [0.1, 0.15) is 5.69 Å². The first kappa shape index (κ1) is 23.3. The van der Waals surface area contributed by atoms with Crippen LogP contribution < -0.4 is 5.32 Å². The van der Waals surface area contributed by atoms with Crippen molar-refractivity contribution < 1.29 is 18.0 Å². The molecule has 6 nitrogen and oxygen atoms in total. The van der Waals surface area contributed by atoms with Gasteiger partial charge in [0, 0.05) is 24.3 Å². The fourth-order valence-electron chi connectivity index (χ4n) is 3.79. The first-order valence-corrected chi connectivity index (χ1v) is 10.9. The van der Waals surface area contributed by atoms with Gasteiger partial charge in [0.25, 0.3) is 5.91 Å². The summed E-state index contributed by atoms with van der Waals surface area (Å²) in [4.78, 5) is 13.2. The Morgan fingerprint density at radius 3 is 2.24 bits per heavy atom. The van der Waals surface area contributed by atoms with Gasteiger partial charge in [-0.2, -0.15) is 23.4 Å². The number of carbonyl (C=O) groups excluding carboxylic acids is 1. The lowest BCUT2D eigenvalue weighted by atomic mass is 10.1. The van der Waals surface area contributed by atoms with Crippen LogP contribution in [-0.2, 0) is 12.7 Å². The average Bonchev–Trinajstić information content (AvgIpc) is 3.37. The van der Waals surface area contributed by atoms with Crippen LogP contribution in [-0.4, -0.2) is 32.0 Å². The zero-order chi connectivity index (χ0) is 24.3. The molecule has 4 rings (SSSR count). The van der Waals surface area contributed by atoms with Crippen molar-refractivity contribution in [1.29, 1.82) is 0 Å². The van der Waals surface area contributed by atoms with Gasteiger partial charge in [-0.05, 0) is 38.5 Å². The summed E-state index contributed by atoms with van der Waals surface area (Å²) in [6, 6.07) is 20.0. The van der Waals surface area contributed by atoms with Crippen LogP contribution in [0.5, 0.6) is 0 Å². The predicted octanol–water partition coefficient (Wildman–Crippen LogP) is 5.19. The van der Waals surface area contributed by atoms with Crippen LogP contribution in [0.4, 0.5) is 13.2 Å². The molecule has 0 atom stereocenters. The summed E-state index contributed by atoms with van der Waals surface area (Å²) in [5.74, 6) is -0.285. The number of para-hydroxylation sites is 1. The highest BCUT2D eigenvalue weighted by atomic mass is 19.4. The van der Waals surface area contributed by atoms with Gasteiger partial charge >= 0.3 is 6.18 Å². The van der Waals surface area contributed by atoms with Crippen molar-refractivity contribution >= 4 is 5.91 Å². The maximum absolute atomic E-state index is 13.2. The third-order valence-corrected chi connectivity index (χ3v) is 5.50. The Bertz CT molecular complexity index is 1280. The van der Waals surface area contributed by atoms with Crippen molar-refractivity contribution in [1.82, 2.24) is 24.9 Å². The molecular formula is C25H24F3N5O. The molecule has 4 aromatic rings. The number of alkyl halides is 3. The van der Waals surface area contributed by atoms with Gasteiger partial charge in [-0.25, -0.2) is 4.68 Å². The molecule has 1 N–H and O–H groups in total. The molecule has 2 heterocycles.